The van der Waals surface area contributed by atoms with Gasteiger partial charge in [0.1, 0.15) is 11.3 Å². The Kier molecular flexibility index (Phi) is 6.32. The first-order valence-electron chi connectivity index (χ1n) is 9.99. The van der Waals surface area contributed by atoms with Crippen molar-refractivity contribution in [2.75, 3.05) is 7.11 Å². The molecule has 32 heavy (non-hydrogen) atoms. The van der Waals surface area contributed by atoms with E-state index in [-0.39, 0.29) is 12.3 Å². The van der Waals surface area contributed by atoms with Gasteiger partial charge in [0.2, 0.25) is 5.91 Å². The molecule has 0 unspecified atom stereocenters. The standard InChI is InChI=1S/C24H25ClN2O5/c1-13-6-8-15(9-7-13)22(29)27-14(2)16(11-21(28)26-24(3,4)23(30)31)17-10-20(32-5)18(25)12-19(17)27/h6-10,12H,11H2,1-5H3,(H,26,28)(H,30,31). The predicted molar refractivity (Wildman–Crippen MR) is 123 cm³/mol. The Morgan fingerprint density at radius 3 is 2.31 bits per heavy atom. The number of aromatic nitrogens is 1. The zero-order chi connectivity index (χ0) is 23.8. The number of ether oxygens (including phenoxy) is 1. The fraction of sp³-hybridized carbons (Fsp3) is 0.292. The lowest BCUT2D eigenvalue weighted by atomic mass is 10.0. The van der Waals surface area contributed by atoms with Crippen LogP contribution in [0, 0.1) is 13.8 Å². The van der Waals surface area contributed by atoms with E-state index in [1.54, 1.807) is 31.2 Å². The fourth-order valence-electron chi connectivity index (χ4n) is 3.55. The summed E-state index contributed by atoms with van der Waals surface area (Å²) < 4.78 is 6.85. The molecule has 8 heteroatoms. The highest BCUT2D eigenvalue weighted by molar-refractivity contribution is 6.33. The van der Waals surface area contributed by atoms with E-state index in [9.17, 15) is 19.5 Å². The van der Waals surface area contributed by atoms with E-state index in [1.807, 2.05) is 19.1 Å². The number of carboxylic acid groups (broad SMARTS) is 1. The summed E-state index contributed by atoms with van der Waals surface area (Å²) in [6, 6.07) is 10.5. The average molecular weight is 457 g/mol. The number of rotatable bonds is 6. The van der Waals surface area contributed by atoms with Crippen LogP contribution in [0.5, 0.6) is 5.75 Å². The first-order valence-corrected chi connectivity index (χ1v) is 10.4. The Labute approximate surface area is 190 Å². The molecule has 0 radical (unpaired) electrons. The minimum Gasteiger partial charge on any atom is -0.495 e. The molecule has 0 aliphatic heterocycles. The van der Waals surface area contributed by atoms with Crippen LogP contribution < -0.4 is 10.1 Å². The van der Waals surface area contributed by atoms with Crippen molar-refractivity contribution in [2.24, 2.45) is 0 Å². The molecule has 7 nitrogen and oxygen atoms in total. The number of halogens is 1. The zero-order valence-corrected chi connectivity index (χ0v) is 19.3. The van der Waals surface area contributed by atoms with Crippen molar-refractivity contribution in [3.63, 3.8) is 0 Å². The van der Waals surface area contributed by atoms with Crippen LogP contribution in [0.15, 0.2) is 36.4 Å². The Balaban J connectivity index is 2.15. The molecule has 0 atom stereocenters. The molecule has 1 aromatic heterocycles. The molecule has 0 fully saturated rings. The molecule has 3 aromatic rings. The monoisotopic (exact) mass is 456 g/mol. The summed E-state index contributed by atoms with van der Waals surface area (Å²) in [5.41, 5.74) is 1.79. The number of hydrogen-bond acceptors (Lipinski definition) is 4. The Bertz CT molecular complexity index is 1230. The fourth-order valence-corrected chi connectivity index (χ4v) is 3.79. The summed E-state index contributed by atoms with van der Waals surface area (Å²) in [6.07, 6.45) is -0.113. The average Bonchev–Trinajstić information content (AvgIpc) is 2.97. The Morgan fingerprint density at radius 1 is 1.12 bits per heavy atom. The van der Waals surface area contributed by atoms with Gasteiger partial charge in [0, 0.05) is 16.6 Å². The molecular weight excluding hydrogens is 432 g/mol. The number of carboxylic acids is 1. The lowest BCUT2D eigenvalue weighted by Crippen LogP contribution is -2.50. The number of methoxy groups -OCH3 is 1. The third-order valence-corrected chi connectivity index (χ3v) is 5.73. The van der Waals surface area contributed by atoms with Crippen molar-refractivity contribution in [1.29, 1.82) is 0 Å². The maximum absolute atomic E-state index is 13.4. The van der Waals surface area contributed by atoms with Crippen molar-refractivity contribution in [3.8, 4) is 5.75 Å². The largest absolute Gasteiger partial charge is 0.495 e. The maximum atomic E-state index is 13.4. The molecule has 0 aliphatic rings. The molecule has 2 aromatic carbocycles. The molecule has 3 rings (SSSR count). The van der Waals surface area contributed by atoms with Gasteiger partial charge in [-0.15, -0.1) is 0 Å². The molecule has 2 N–H and O–H groups in total. The number of benzene rings is 2. The van der Waals surface area contributed by atoms with Gasteiger partial charge in [0.05, 0.1) is 24.1 Å². The highest BCUT2D eigenvalue weighted by Crippen LogP contribution is 2.35. The zero-order valence-electron chi connectivity index (χ0n) is 18.6. The number of aliphatic carboxylic acids is 1. The minimum atomic E-state index is -1.43. The molecule has 0 bridgehead atoms. The molecule has 0 spiro atoms. The van der Waals surface area contributed by atoms with E-state index >= 15 is 0 Å². The topological polar surface area (TPSA) is 97.6 Å². The normalized spacial score (nSPS) is 11.4. The quantitative estimate of drug-likeness (QED) is 0.581. The highest BCUT2D eigenvalue weighted by Gasteiger charge is 2.30. The van der Waals surface area contributed by atoms with Crippen LogP contribution in [-0.2, 0) is 16.0 Å². The highest BCUT2D eigenvalue weighted by atomic mass is 35.5. The van der Waals surface area contributed by atoms with Gasteiger partial charge in [-0.05, 0) is 57.5 Å². The lowest BCUT2D eigenvalue weighted by molar-refractivity contribution is -0.145. The molecule has 0 saturated carbocycles. The van der Waals surface area contributed by atoms with Crippen molar-refractivity contribution in [1.82, 2.24) is 9.88 Å². The molecule has 168 valence electrons. The van der Waals surface area contributed by atoms with Gasteiger partial charge in [-0.3, -0.25) is 14.2 Å². The van der Waals surface area contributed by atoms with E-state index in [4.69, 9.17) is 16.3 Å². The SMILES string of the molecule is COc1cc2c(CC(=O)NC(C)(C)C(=O)O)c(C)n(C(=O)c3ccc(C)cc3)c2cc1Cl. The van der Waals surface area contributed by atoms with Crippen LogP contribution in [0.3, 0.4) is 0 Å². The van der Waals surface area contributed by atoms with E-state index in [0.717, 1.165) is 5.56 Å². The van der Waals surface area contributed by atoms with E-state index < -0.39 is 17.4 Å². The lowest BCUT2D eigenvalue weighted by Gasteiger charge is -2.21. The van der Waals surface area contributed by atoms with Crippen LogP contribution in [0.2, 0.25) is 5.02 Å². The number of amides is 1. The summed E-state index contributed by atoms with van der Waals surface area (Å²) in [6.45, 7) is 6.50. The van der Waals surface area contributed by atoms with Crippen molar-refractivity contribution < 1.29 is 24.2 Å². The first kappa shape index (κ1) is 23.3. The number of carbonyl (C=O) groups is 3. The number of nitrogens with zero attached hydrogens (tertiary/aromatic N) is 1. The third-order valence-electron chi connectivity index (χ3n) is 5.43. The van der Waals surface area contributed by atoms with E-state index in [1.165, 1.54) is 25.5 Å². The summed E-state index contributed by atoms with van der Waals surface area (Å²) in [5, 5.41) is 12.8. The van der Waals surface area contributed by atoms with Gasteiger partial charge in [-0.25, -0.2) is 4.79 Å². The van der Waals surface area contributed by atoms with Crippen LogP contribution >= 0.6 is 11.6 Å². The molecule has 1 amide bonds. The van der Waals surface area contributed by atoms with Gasteiger partial charge in [0.25, 0.3) is 5.91 Å². The second-order valence-electron chi connectivity index (χ2n) is 8.23. The van der Waals surface area contributed by atoms with Crippen LogP contribution in [0.25, 0.3) is 10.9 Å². The van der Waals surface area contributed by atoms with Crippen LogP contribution in [0.4, 0.5) is 0 Å². The van der Waals surface area contributed by atoms with Gasteiger partial charge in [-0.1, -0.05) is 29.3 Å². The van der Waals surface area contributed by atoms with E-state index in [0.29, 0.717) is 38.5 Å². The molecule has 0 saturated heterocycles. The summed E-state index contributed by atoms with van der Waals surface area (Å²) in [5.74, 6) is -1.47. The second-order valence-corrected chi connectivity index (χ2v) is 8.64. The van der Waals surface area contributed by atoms with Crippen molar-refractivity contribution >= 4 is 40.3 Å². The number of nitrogens with one attached hydrogen (secondary N) is 1. The van der Waals surface area contributed by atoms with Crippen LogP contribution in [0.1, 0.15) is 41.0 Å². The minimum absolute atomic E-state index is 0.113. The first-order chi connectivity index (χ1) is 15.0. The number of hydrogen-bond donors (Lipinski definition) is 2. The summed E-state index contributed by atoms with van der Waals surface area (Å²) in [7, 11) is 1.48. The third kappa shape index (κ3) is 4.34. The van der Waals surface area contributed by atoms with Crippen molar-refractivity contribution in [2.45, 2.75) is 39.7 Å². The molecule has 1 heterocycles. The van der Waals surface area contributed by atoms with Gasteiger partial charge < -0.3 is 15.2 Å². The molecular formula is C24H25ClN2O5. The van der Waals surface area contributed by atoms with Gasteiger partial charge in [-0.2, -0.15) is 0 Å². The second kappa shape index (κ2) is 8.67. The van der Waals surface area contributed by atoms with Gasteiger partial charge in [0.15, 0.2) is 0 Å². The predicted octanol–water partition coefficient (Wildman–Crippen LogP) is 4.13. The number of aryl methyl sites for hydroxylation is 1. The van der Waals surface area contributed by atoms with Gasteiger partial charge >= 0.3 is 5.97 Å². The number of carbonyl (C=O) groups excluding carboxylic acids is 2. The molecule has 0 aliphatic carbocycles. The smallest absolute Gasteiger partial charge is 0.328 e. The van der Waals surface area contributed by atoms with Crippen LogP contribution in [-0.4, -0.2) is 40.1 Å². The maximum Gasteiger partial charge on any atom is 0.328 e. The summed E-state index contributed by atoms with van der Waals surface area (Å²) >= 11 is 6.34. The summed E-state index contributed by atoms with van der Waals surface area (Å²) in [4.78, 5) is 37.5. The number of fused-ring (bicyclic) bond motifs is 1. The van der Waals surface area contributed by atoms with Crippen molar-refractivity contribution in [3.05, 3.63) is 63.8 Å². The Morgan fingerprint density at radius 2 is 1.75 bits per heavy atom. The Hall–Kier alpha value is -3.32. The van der Waals surface area contributed by atoms with E-state index in [2.05, 4.69) is 5.32 Å².